The molecule has 3 atom stereocenters. The van der Waals surface area contributed by atoms with Crippen molar-refractivity contribution >= 4 is 17.7 Å². The number of benzene rings is 1. The minimum Gasteiger partial charge on any atom is -0.481 e. The Bertz CT molecular complexity index is 544. The molecule has 0 radical (unpaired) electrons. The Morgan fingerprint density at radius 3 is 2.67 bits per heavy atom. The number of hydrogen-bond donors (Lipinski definition) is 2. The molecule has 0 saturated heterocycles. The molecule has 0 aliphatic carbocycles. The first kappa shape index (κ1) is 15.4. The van der Waals surface area contributed by atoms with Gasteiger partial charge in [0, 0.05) is 18.3 Å². The van der Waals surface area contributed by atoms with Gasteiger partial charge < -0.3 is 10.4 Å². The Kier molecular flexibility index (Phi) is 4.50. The molecule has 114 valence electrons. The number of para-hydroxylation sites is 1. The van der Waals surface area contributed by atoms with E-state index >= 15 is 0 Å². The average Bonchev–Trinajstić information content (AvgIpc) is 2.45. The van der Waals surface area contributed by atoms with Crippen LogP contribution in [0.3, 0.4) is 0 Å². The van der Waals surface area contributed by atoms with E-state index in [1.807, 2.05) is 24.3 Å². The van der Waals surface area contributed by atoms with Gasteiger partial charge in [-0.15, -0.1) is 0 Å². The van der Waals surface area contributed by atoms with E-state index in [9.17, 15) is 9.59 Å². The van der Waals surface area contributed by atoms with Crippen LogP contribution in [0.1, 0.15) is 26.3 Å². The molecular weight excluding hydrogens is 268 g/mol. The molecule has 1 aromatic rings. The van der Waals surface area contributed by atoms with Crippen LogP contribution >= 0.6 is 0 Å². The van der Waals surface area contributed by atoms with Gasteiger partial charge in [0.05, 0.1) is 5.92 Å². The predicted molar refractivity (Wildman–Crippen MR) is 81.4 cm³/mol. The smallest absolute Gasteiger partial charge is 0.322 e. The Morgan fingerprint density at radius 1 is 1.33 bits per heavy atom. The van der Waals surface area contributed by atoms with Crippen LogP contribution in [0.25, 0.3) is 0 Å². The summed E-state index contributed by atoms with van der Waals surface area (Å²) in [5.41, 5.74) is 2.08. The molecule has 0 saturated carbocycles. The maximum Gasteiger partial charge on any atom is 0.322 e. The van der Waals surface area contributed by atoms with Gasteiger partial charge in [-0.05, 0) is 37.8 Å². The minimum absolute atomic E-state index is 0.227. The lowest BCUT2D eigenvalue weighted by Gasteiger charge is -2.34. The number of anilines is 1. The van der Waals surface area contributed by atoms with Crippen molar-refractivity contribution in [1.29, 1.82) is 0 Å². The van der Waals surface area contributed by atoms with Gasteiger partial charge in [-0.3, -0.25) is 9.69 Å². The van der Waals surface area contributed by atoms with E-state index in [4.69, 9.17) is 5.11 Å². The number of urea groups is 1. The van der Waals surface area contributed by atoms with Gasteiger partial charge in [0.15, 0.2) is 0 Å². The highest BCUT2D eigenvalue weighted by atomic mass is 16.4. The van der Waals surface area contributed by atoms with Crippen molar-refractivity contribution in [3.8, 4) is 0 Å². The second-order valence-electron chi connectivity index (χ2n) is 5.91. The van der Waals surface area contributed by atoms with Gasteiger partial charge in [0.2, 0.25) is 0 Å². The summed E-state index contributed by atoms with van der Waals surface area (Å²) < 4.78 is 0. The van der Waals surface area contributed by atoms with Crippen molar-refractivity contribution in [1.82, 2.24) is 5.32 Å². The zero-order valence-electron chi connectivity index (χ0n) is 12.7. The van der Waals surface area contributed by atoms with E-state index in [1.165, 1.54) is 0 Å². The number of fused-ring (bicyclic) bond motifs is 1. The van der Waals surface area contributed by atoms with Gasteiger partial charge in [-0.2, -0.15) is 0 Å². The van der Waals surface area contributed by atoms with Crippen LogP contribution in [0.15, 0.2) is 24.3 Å². The molecule has 2 amide bonds. The first-order chi connectivity index (χ1) is 9.90. The number of carboxylic acids is 1. The van der Waals surface area contributed by atoms with Crippen LogP contribution in [-0.2, 0) is 11.2 Å². The van der Waals surface area contributed by atoms with Gasteiger partial charge in [-0.25, -0.2) is 4.79 Å². The zero-order valence-corrected chi connectivity index (χ0v) is 12.7. The van der Waals surface area contributed by atoms with Crippen molar-refractivity contribution < 1.29 is 14.7 Å². The van der Waals surface area contributed by atoms with Crippen molar-refractivity contribution in [2.45, 2.75) is 33.2 Å². The topological polar surface area (TPSA) is 69.6 Å². The van der Waals surface area contributed by atoms with Crippen LogP contribution in [0.2, 0.25) is 0 Å². The highest BCUT2D eigenvalue weighted by molar-refractivity contribution is 5.93. The molecule has 3 unspecified atom stereocenters. The molecule has 2 N–H and O–H groups in total. The normalized spacial score (nSPS) is 20.3. The fourth-order valence-corrected chi connectivity index (χ4v) is 2.60. The largest absolute Gasteiger partial charge is 0.481 e. The van der Waals surface area contributed by atoms with Gasteiger partial charge in [0.1, 0.15) is 0 Å². The SMILES string of the molecule is CC1Cc2ccccc2N(C(=O)NC(C)C(C)C(=O)O)C1. The number of hydrogen-bond acceptors (Lipinski definition) is 2. The fourth-order valence-electron chi connectivity index (χ4n) is 2.60. The fraction of sp³-hybridized carbons (Fsp3) is 0.500. The molecule has 0 bridgehead atoms. The number of aliphatic carboxylic acids is 1. The maximum absolute atomic E-state index is 12.5. The molecule has 2 rings (SSSR count). The van der Waals surface area contributed by atoms with E-state index in [1.54, 1.807) is 18.7 Å². The summed E-state index contributed by atoms with van der Waals surface area (Å²) >= 11 is 0. The highest BCUT2D eigenvalue weighted by Gasteiger charge is 2.28. The van der Waals surface area contributed by atoms with E-state index in [0.29, 0.717) is 12.5 Å². The second kappa shape index (κ2) is 6.16. The van der Waals surface area contributed by atoms with E-state index < -0.39 is 17.9 Å². The van der Waals surface area contributed by atoms with Crippen molar-refractivity contribution in [3.63, 3.8) is 0 Å². The van der Waals surface area contributed by atoms with E-state index in [2.05, 4.69) is 12.2 Å². The second-order valence-corrected chi connectivity index (χ2v) is 5.91. The molecule has 1 aromatic carbocycles. The summed E-state index contributed by atoms with van der Waals surface area (Å²) in [5.74, 6) is -1.14. The van der Waals surface area contributed by atoms with Gasteiger partial charge in [0.25, 0.3) is 0 Å². The Morgan fingerprint density at radius 2 is 2.00 bits per heavy atom. The molecule has 0 spiro atoms. The summed E-state index contributed by atoms with van der Waals surface area (Å²) in [6.45, 7) is 6.08. The van der Waals surface area contributed by atoms with Crippen LogP contribution in [0.4, 0.5) is 10.5 Å². The number of amides is 2. The molecule has 5 nitrogen and oxygen atoms in total. The molecule has 0 aromatic heterocycles. The molecule has 1 aliphatic rings. The molecule has 5 heteroatoms. The molecular formula is C16H22N2O3. The van der Waals surface area contributed by atoms with Crippen molar-refractivity contribution in [2.24, 2.45) is 11.8 Å². The summed E-state index contributed by atoms with van der Waals surface area (Å²) in [4.78, 5) is 25.2. The third-order valence-electron chi connectivity index (χ3n) is 4.08. The maximum atomic E-state index is 12.5. The number of nitrogens with zero attached hydrogens (tertiary/aromatic N) is 1. The first-order valence-electron chi connectivity index (χ1n) is 7.29. The standard InChI is InChI=1S/C16H22N2O3/c1-10-8-13-6-4-5-7-14(13)18(9-10)16(21)17-12(3)11(2)15(19)20/h4-7,10-12H,8-9H2,1-3H3,(H,17,21)(H,19,20). The molecule has 21 heavy (non-hydrogen) atoms. The Balaban J connectivity index is 2.14. The lowest BCUT2D eigenvalue weighted by atomic mass is 9.94. The summed E-state index contributed by atoms with van der Waals surface area (Å²) in [7, 11) is 0. The van der Waals surface area contributed by atoms with E-state index in [0.717, 1.165) is 17.7 Å². The minimum atomic E-state index is -0.907. The van der Waals surface area contributed by atoms with Crippen molar-refractivity contribution in [3.05, 3.63) is 29.8 Å². The van der Waals surface area contributed by atoms with Crippen LogP contribution in [-0.4, -0.2) is 29.7 Å². The lowest BCUT2D eigenvalue weighted by Crippen LogP contribution is -2.50. The first-order valence-corrected chi connectivity index (χ1v) is 7.29. The molecule has 1 aliphatic heterocycles. The number of carboxylic acid groups (broad SMARTS) is 1. The number of carbonyl (C=O) groups excluding carboxylic acids is 1. The van der Waals surface area contributed by atoms with Crippen LogP contribution in [0, 0.1) is 11.8 Å². The van der Waals surface area contributed by atoms with Gasteiger partial charge in [-0.1, -0.05) is 25.1 Å². The molecule has 1 heterocycles. The lowest BCUT2D eigenvalue weighted by molar-refractivity contribution is -0.141. The average molecular weight is 290 g/mol. The summed E-state index contributed by atoms with van der Waals surface area (Å²) in [5, 5.41) is 11.8. The number of carbonyl (C=O) groups is 2. The van der Waals surface area contributed by atoms with Crippen LogP contribution < -0.4 is 10.2 Å². The molecule has 0 fully saturated rings. The summed E-state index contributed by atoms with van der Waals surface area (Å²) in [6.07, 6.45) is 0.959. The quantitative estimate of drug-likeness (QED) is 0.898. The third-order valence-corrected chi connectivity index (χ3v) is 4.08. The van der Waals surface area contributed by atoms with E-state index in [-0.39, 0.29) is 6.03 Å². The Labute approximate surface area is 125 Å². The van der Waals surface area contributed by atoms with Crippen molar-refractivity contribution in [2.75, 3.05) is 11.4 Å². The number of nitrogens with one attached hydrogen (secondary N) is 1. The monoisotopic (exact) mass is 290 g/mol. The van der Waals surface area contributed by atoms with Gasteiger partial charge >= 0.3 is 12.0 Å². The van der Waals surface area contributed by atoms with Crippen LogP contribution in [0.5, 0.6) is 0 Å². The summed E-state index contributed by atoms with van der Waals surface area (Å²) in [6, 6.07) is 7.22. The third kappa shape index (κ3) is 3.35. The predicted octanol–water partition coefficient (Wildman–Crippen LogP) is 2.50. The number of rotatable bonds is 3. The highest BCUT2D eigenvalue weighted by Crippen LogP contribution is 2.29. The Hall–Kier alpha value is -2.04. The zero-order chi connectivity index (χ0) is 15.6.